The second kappa shape index (κ2) is 8.04. The van der Waals surface area contributed by atoms with E-state index in [0.29, 0.717) is 28.9 Å². The van der Waals surface area contributed by atoms with E-state index in [1.54, 1.807) is 36.1 Å². The highest BCUT2D eigenvalue weighted by molar-refractivity contribution is 6.32. The van der Waals surface area contributed by atoms with E-state index >= 15 is 0 Å². The maximum absolute atomic E-state index is 12.7. The molecule has 1 aliphatic rings. The van der Waals surface area contributed by atoms with E-state index in [1.165, 1.54) is 11.1 Å². The lowest BCUT2D eigenvalue weighted by Gasteiger charge is -2.29. The molecule has 7 heteroatoms. The molecular weight excluding hydrogens is 412 g/mol. The molecule has 0 fully saturated rings. The number of methoxy groups -OCH3 is 1. The molecule has 2 aromatic heterocycles. The topological polar surface area (TPSA) is 60.3 Å². The van der Waals surface area contributed by atoms with Gasteiger partial charge in [-0.15, -0.1) is 0 Å². The van der Waals surface area contributed by atoms with Crippen LogP contribution in [-0.2, 0) is 19.5 Å². The zero-order valence-corrected chi connectivity index (χ0v) is 17.8. The van der Waals surface area contributed by atoms with Crippen LogP contribution < -0.4 is 15.2 Å². The SMILES string of the molecule is COc1ccc(Cn2c(=O)ccc3cnc(N4CCc5ccccc5C4)nc32)cc1Cl. The fourth-order valence-electron chi connectivity index (χ4n) is 4.02. The first kappa shape index (κ1) is 19.6. The summed E-state index contributed by atoms with van der Waals surface area (Å²) in [4.78, 5) is 24.3. The van der Waals surface area contributed by atoms with Crippen molar-refractivity contribution >= 4 is 28.6 Å². The Hall–Kier alpha value is -3.38. The number of nitrogens with zero attached hydrogens (tertiary/aromatic N) is 4. The van der Waals surface area contributed by atoms with Crippen molar-refractivity contribution in [3.63, 3.8) is 0 Å². The Morgan fingerprint density at radius 2 is 1.94 bits per heavy atom. The Morgan fingerprint density at radius 1 is 1.10 bits per heavy atom. The van der Waals surface area contributed by atoms with Crippen LogP contribution in [0.2, 0.25) is 5.02 Å². The van der Waals surface area contributed by atoms with Gasteiger partial charge in [0.15, 0.2) is 0 Å². The third-order valence-corrected chi connectivity index (χ3v) is 5.98. The third kappa shape index (κ3) is 3.75. The molecule has 0 radical (unpaired) electrons. The van der Waals surface area contributed by atoms with Crippen LogP contribution >= 0.6 is 11.6 Å². The van der Waals surface area contributed by atoms with E-state index < -0.39 is 0 Å². The minimum atomic E-state index is -0.118. The molecular formula is C24H21ClN4O2. The van der Waals surface area contributed by atoms with Crippen LogP contribution in [0.1, 0.15) is 16.7 Å². The Balaban J connectivity index is 1.53. The van der Waals surface area contributed by atoms with Gasteiger partial charge in [0.25, 0.3) is 5.56 Å². The molecule has 0 unspecified atom stereocenters. The summed E-state index contributed by atoms with van der Waals surface area (Å²) in [7, 11) is 1.58. The van der Waals surface area contributed by atoms with Crippen molar-refractivity contribution in [2.75, 3.05) is 18.6 Å². The molecule has 1 aliphatic heterocycles. The Morgan fingerprint density at radius 3 is 2.74 bits per heavy atom. The summed E-state index contributed by atoms with van der Waals surface area (Å²) in [6.07, 6.45) is 2.73. The van der Waals surface area contributed by atoms with Crippen molar-refractivity contribution in [3.05, 3.63) is 92.9 Å². The van der Waals surface area contributed by atoms with Gasteiger partial charge in [-0.05, 0) is 41.3 Å². The van der Waals surface area contributed by atoms with Crippen molar-refractivity contribution < 1.29 is 4.74 Å². The molecule has 0 amide bonds. The molecule has 0 aliphatic carbocycles. The molecule has 0 saturated heterocycles. The summed E-state index contributed by atoms with van der Waals surface area (Å²) in [5, 5.41) is 1.33. The van der Waals surface area contributed by atoms with Gasteiger partial charge < -0.3 is 9.64 Å². The predicted molar refractivity (Wildman–Crippen MR) is 122 cm³/mol. The largest absolute Gasteiger partial charge is 0.495 e. The van der Waals surface area contributed by atoms with Crippen LogP contribution in [0, 0.1) is 0 Å². The van der Waals surface area contributed by atoms with Crippen molar-refractivity contribution in [2.24, 2.45) is 0 Å². The molecule has 156 valence electrons. The van der Waals surface area contributed by atoms with Gasteiger partial charge >= 0.3 is 0 Å². The maximum Gasteiger partial charge on any atom is 0.252 e. The fraction of sp³-hybridized carbons (Fsp3) is 0.208. The molecule has 0 spiro atoms. The van der Waals surface area contributed by atoms with E-state index in [9.17, 15) is 4.79 Å². The minimum Gasteiger partial charge on any atom is -0.495 e. The first-order chi connectivity index (χ1) is 15.1. The highest BCUT2D eigenvalue weighted by Crippen LogP contribution is 2.26. The zero-order chi connectivity index (χ0) is 21.4. The number of anilines is 1. The van der Waals surface area contributed by atoms with Crippen LogP contribution in [0.3, 0.4) is 0 Å². The van der Waals surface area contributed by atoms with Crippen molar-refractivity contribution in [1.29, 1.82) is 0 Å². The van der Waals surface area contributed by atoms with Crippen molar-refractivity contribution in [1.82, 2.24) is 14.5 Å². The van der Waals surface area contributed by atoms with E-state index in [-0.39, 0.29) is 5.56 Å². The van der Waals surface area contributed by atoms with Gasteiger partial charge in [0.05, 0.1) is 18.7 Å². The van der Waals surface area contributed by atoms with E-state index in [1.807, 2.05) is 12.1 Å². The van der Waals surface area contributed by atoms with Crippen molar-refractivity contribution in [2.45, 2.75) is 19.5 Å². The molecule has 0 saturated carbocycles. The predicted octanol–water partition coefficient (Wildman–Crippen LogP) is 4.06. The third-order valence-electron chi connectivity index (χ3n) is 5.68. The quantitative estimate of drug-likeness (QED) is 0.486. The highest BCUT2D eigenvalue weighted by Gasteiger charge is 2.19. The van der Waals surface area contributed by atoms with Crippen LogP contribution in [0.25, 0.3) is 11.0 Å². The van der Waals surface area contributed by atoms with E-state index in [0.717, 1.165) is 30.5 Å². The first-order valence-corrected chi connectivity index (χ1v) is 10.5. The minimum absolute atomic E-state index is 0.118. The number of pyridine rings is 1. The molecule has 4 aromatic rings. The summed E-state index contributed by atoms with van der Waals surface area (Å²) >= 11 is 6.28. The van der Waals surface area contributed by atoms with Gasteiger partial charge in [0, 0.05) is 30.7 Å². The van der Waals surface area contributed by atoms with E-state index in [2.05, 4.69) is 34.1 Å². The Bertz CT molecular complexity index is 1330. The zero-order valence-electron chi connectivity index (χ0n) is 17.1. The second-order valence-corrected chi connectivity index (χ2v) is 8.02. The fourth-order valence-corrected chi connectivity index (χ4v) is 4.31. The summed E-state index contributed by atoms with van der Waals surface area (Å²) in [6.45, 7) is 1.96. The van der Waals surface area contributed by atoms with Gasteiger partial charge in [0.2, 0.25) is 5.95 Å². The van der Waals surface area contributed by atoms with Gasteiger partial charge in [-0.2, -0.15) is 4.98 Å². The van der Waals surface area contributed by atoms with Gasteiger partial charge in [0.1, 0.15) is 11.4 Å². The van der Waals surface area contributed by atoms with Crippen LogP contribution in [0.5, 0.6) is 5.75 Å². The Kier molecular flexibility index (Phi) is 5.08. The van der Waals surface area contributed by atoms with Gasteiger partial charge in [-0.25, -0.2) is 4.98 Å². The van der Waals surface area contributed by atoms with Crippen LogP contribution in [0.4, 0.5) is 5.95 Å². The average molecular weight is 433 g/mol. The molecule has 31 heavy (non-hydrogen) atoms. The number of aromatic nitrogens is 3. The summed E-state index contributed by atoms with van der Waals surface area (Å²) in [5.41, 5.74) is 4.05. The molecule has 0 bridgehead atoms. The number of ether oxygens (including phenoxy) is 1. The molecule has 0 atom stereocenters. The monoisotopic (exact) mass is 432 g/mol. The van der Waals surface area contributed by atoms with Gasteiger partial charge in [-0.3, -0.25) is 9.36 Å². The second-order valence-electron chi connectivity index (χ2n) is 7.62. The normalized spacial score (nSPS) is 13.3. The molecule has 6 nitrogen and oxygen atoms in total. The molecule has 0 N–H and O–H groups in total. The number of fused-ring (bicyclic) bond motifs is 2. The van der Waals surface area contributed by atoms with Crippen LogP contribution in [-0.4, -0.2) is 28.2 Å². The van der Waals surface area contributed by atoms with Crippen molar-refractivity contribution in [3.8, 4) is 5.75 Å². The maximum atomic E-state index is 12.7. The lowest BCUT2D eigenvalue weighted by molar-refractivity contribution is 0.415. The number of halogens is 1. The number of benzene rings is 2. The lowest BCUT2D eigenvalue weighted by atomic mass is 10.0. The number of rotatable bonds is 4. The summed E-state index contributed by atoms with van der Waals surface area (Å²) in [6, 6.07) is 17.3. The smallest absolute Gasteiger partial charge is 0.252 e. The van der Waals surface area contributed by atoms with Crippen LogP contribution in [0.15, 0.2) is 65.6 Å². The first-order valence-electron chi connectivity index (χ1n) is 10.1. The van der Waals surface area contributed by atoms with E-state index in [4.69, 9.17) is 21.3 Å². The number of hydrogen-bond acceptors (Lipinski definition) is 5. The highest BCUT2D eigenvalue weighted by atomic mass is 35.5. The standard InChI is InChI=1S/C24H21ClN4O2/c1-31-21-8-6-16(12-20(21)25)14-29-22(30)9-7-18-13-26-24(27-23(18)29)28-11-10-17-4-2-3-5-19(17)15-28/h2-9,12-13H,10-11,14-15H2,1H3. The Labute approximate surface area is 184 Å². The average Bonchev–Trinajstić information content (AvgIpc) is 2.80. The number of hydrogen-bond donors (Lipinski definition) is 0. The summed E-state index contributed by atoms with van der Waals surface area (Å²) < 4.78 is 6.89. The summed E-state index contributed by atoms with van der Waals surface area (Å²) in [5.74, 6) is 1.24. The molecule has 3 heterocycles. The molecule has 2 aromatic carbocycles. The molecule has 5 rings (SSSR count). The van der Waals surface area contributed by atoms with Gasteiger partial charge in [-0.1, -0.05) is 41.9 Å². The lowest BCUT2D eigenvalue weighted by Crippen LogP contribution is -2.32.